The predicted octanol–water partition coefficient (Wildman–Crippen LogP) is 4.66. The van der Waals surface area contributed by atoms with Crippen molar-refractivity contribution in [2.24, 2.45) is 0 Å². The number of aromatic nitrogens is 1. The van der Waals surface area contributed by atoms with Crippen LogP contribution in [0.15, 0.2) is 47.3 Å². The van der Waals surface area contributed by atoms with Crippen LogP contribution in [0.2, 0.25) is 0 Å². The Hall–Kier alpha value is -1.74. The van der Waals surface area contributed by atoms with Gasteiger partial charge in [-0.3, -0.25) is 0 Å². The zero-order valence-electron chi connectivity index (χ0n) is 11.5. The van der Waals surface area contributed by atoms with Crippen LogP contribution >= 0.6 is 11.3 Å². The molecule has 0 aliphatic carbocycles. The molecular weight excluding hydrogens is 264 g/mol. The fourth-order valence-corrected chi connectivity index (χ4v) is 3.81. The fourth-order valence-electron chi connectivity index (χ4n) is 3.16. The van der Waals surface area contributed by atoms with Gasteiger partial charge in [0.15, 0.2) is 0 Å². The lowest BCUT2D eigenvalue weighted by Gasteiger charge is -2.28. The molecule has 1 fully saturated rings. The molecule has 1 saturated heterocycles. The zero-order chi connectivity index (χ0) is 13.4. The first-order chi connectivity index (χ1) is 9.93. The van der Waals surface area contributed by atoms with Crippen LogP contribution in [0.25, 0.3) is 16.8 Å². The van der Waals surface area contributed by atoms with Crippen molar-refractivity contribution < 1.29 is 0 Å². The molecule has 3 aromatic heterocycles. The standard InChI is InChI=1S/C17H18N2S/c1-3-8-18(9-4-1)17-12-16(14-7-11-20-13-14)19-10-5-2-6-15(17)19/h2,5-7,10-13H,1,3-4,8-9H2. The number of pyridine rings is 1. The second-order valence-electron chi connectivity index (χ2n) is 5.43. The van der Waals surface area contributed by atoms with E-state index in [4.69, 9.17) is 0 Å². The van der Waals surface area contributed by atoms with Crippen LogP contribution in [0, 0.1) is 0 Å². The number of fused-ring (bicyclic) bond motifs is 1. The zero-order valence-corrected chi connectivity index (χ0v) is 12.3. The van der Waals surface area contributed by atoms with Gasteiger partial charge in [0.25, 0.3) is 0 Å². The third-order valence-corrected chi connectivity index (χ3v) is 4.85. The van der Waals surface area contributed by atoms with Crippen LogP contribution < -0.4 is 4.90 Å². The molecule has 0 radical (unpaired) electrons. The summed E-state index contributed by atoms with van der Waals surface area (Å²) in [5, 5.41) is 4.38. The van der Waals surface area contributed by atoms with E-state index in [0.29, 0.717) is 0 Å². The summed E-state index contributed by atoms with van der Waals surface area (Å²) >= 11 is 1.76. The minimum Gasteiger partial charge on any atom is -0.370 e. The van der Waals surface area contributed by atoms with Gasteiger partial charge in [0.2, 0.25) is 0 Å². The van der Waals surface area contributed by atoms with E-state index in [0.717, 1.165) is 0 Å². The van der Waals surface area contributed by atoms with Crippen molar-refractivity contribution in [1.82, 2.24) is 4.40 Å². The Labute approximate surface area is 123 Å². The van der Waals surface area contributed by atoms with Crippen LogP contribution in [0.1, 0.15) is 19.3 Å². The molecule has 0 aromatic carbocycles. The molecule has 3 heteroatoms. The number of nitrogens with zero attached hydrogens (tertiary/aromatic N) is 2. The van der Waals surface area contributed by atoms with E-state index in [1.165, 1.54) is 54.8 Å². The Morgan fingerprint density at radius 1 is 1.00 bits per heavy atom. The highest BCUT2D eigenvalue weighted by atomic mass is 32.1. The maximum atomic E-state index is 2.55. The molecular formula is C17H18N2S. The van der Waals surface area contributed by atoms with Crippen LogP contribution in [-0.4, -0.2) is 17.5 Å². The number of rotatable bonds is 2. The van der Waals surface area contributed by atoms with Gasteiger partial charge in [0.05, 0.1) is 16.9 Å². The summed E-state index contributed by atoms with van der Waals surface area (Å²) < 4.78 is 2.33. The Morgan fingerprint density at radius 2 is 1.90 bits per heavy atom. The van der Waals surface area contributed by atoms with Gasteiger partial charge < -0.3 is 9.30 Å². The van der Waals surface area contributed by atoms with Crippen molar-refractivity contribution in [2.75, 3.05) is 18.0 Å². The molecule has 0 amide bonds. The number of piperidine rings is 1. The average molecular weight is 282 g/mol. The van der Waals surface area contributed by atoms with Crippen LogP contribution in [0.4, 0.5) is 5.69 Å². The van der Waals surface area contributed by atoms with E-state index < -0.39 is 0 Å². The normalized spacial score (nSPS) is 15.9. The second kappa shape index (κ2) is 4.98. The van der Waals surface area contributed by atoms with Crippen molar-refractivity contribution >= 4 is 22.5 Å². The van der Waals surface area contributed by atoms with Crippen molar-refractivity contribution in [3.05, 3.63) is 47.3 Å². The maximum absolute atomic E-state index is 2.55. The molecule has 0 N–H and O–H groups in total. The van der Waals surface area contributed by atoms with Gasteiger partial charge in [-0.05, 0) is 48.9 Å². The lowest BCUT2D eigenvalue weighted by molar-refractivity contribution is 0.579. The lowest BCUT2D eigenvalue weighted by atomic mass is 10.1. The minimum absolute atomic E-state index is 1.19. The SMILES string of the molecule is c1ccn2c(-c3ccsc3)cc(N3CCCCC3)c2c1. The smallest absolute Gasteiger partial charge is 0.0690 e. The van der Waals surface area contributed by atoms with E-state index in [-0.39, 0.29) is 0 Å². The number of thiophene rings is 1. The summed E-state index contributed by atoms with van der Waals surface area (Å²) in [5.74, 6) is 0. The molecule has 0 bridgehead atoms. The van der Waals surface area contributed by atoms with Crippen molar-refractivity contribution in [3.63, 3.8) is 0 Å². The Bertz CT molecular complexity index is 706. The molecule has 0 unspecified atom stereocenters. The molecule has 0 atom stereocenters. The number of anilines is 1. The minimum atomic E-state index is 1.19. The Kier molecular flexibility index (Phi) is 3.00. The molecule has 1 aliphatic heterocycles. The molecule has 0 spiro atoms. The van der Waals surface area contributed by atoms with E-state index >= 15 is 0 Å². The monoisotopic (exact) mass is 282 g/mol. The first-order valence-electron chi connectivity index (χ1n) is 7.31. The first-order valence-corrected chi connectivity index (χ1v) is 8.25. The average Bonchev–Trinajstić information content (AvgIpc) is 3.15. The van der Waals surface area contributed by atoms with E-state index in [2.05, 4.69) is 56.6 Å². The van der Waals surface area contributed by atoms with Gasteiger partial charge in [-0.1, -0.05) is 6.07 Å². The molecule has 4 rings (SSSR count). The maximum Gasteiger partial charge on any atom is 0.0690 e. The molecule has 0 saturated carbocycles. The fraction of sp³-hybridized carbons (Fsp3) is 0.294. The van der Waals surface area contributed by atoms with E-state index in [1.807, 2.05) is 0 Å². The van der Waals surface area contributed by atoms with Gasteiger partial charge in [0.1, 0.15) is 0 Å². The van der Waals surface area contributed by atoms with Crippen LogP contribution in [0.3, 0.4) is 0 Å². The van der Waals surface area contributed by atoms with Gasteiger partial charge in [-0.2, -0.15) is 11.3 Å². The van der Waals surface area contributed by atoms with Gasteiger partial charge in [0, 0.05) is 30.2 Å². The summed E-state index contributed by atoms with van der Waals surface area (Å²) in [6, 6.07) is 11.1. The quantitative estimate of drug-likeness (QED) is 0.663. The molecule has 1 aliphatic rings. The summed E-state index contributed by atoms with van der Waals surface area (Å²) in [5.41, 5.74) is 5.35. The Balaban J connectivity index is 1.89. The van der Waals surface area contributed by atoms with Crippen LogP contribution in [-0.2, 0) is 0 Å². The Morgan fingerprint density at radius 3 is 2.70 bits per heavy atom. The number of hydrogen-bond donors (Lipinski definition) is 0. The lowest BCUT2D eigenvalue weighted by Crippen LogP contribution is -2.29. The summed E-state index contributed by atoms with van der Waals surface area (Å²) in [7, 11) is 0. The molecule has 102 valence electrons. The summed E-state index contributed by atoms with van der Waals surface area (Å²) in [4.78, 5) is 2.55. The molecule has 4 heterocycles. The van der Waals surface area contributed by atoms with E-state index in [9.17, 15) is 0 Å². The molecule has 20 heavy (non-hydrogen) atoms. The van der Waals surface area contributed by atoms with Crippen molar-refractivity contribution in [3.8, 4) is 11.3 Å². The first kappa shape index (κ1) is 12.0. The molecule has 3 aromatic rings. The summed E-state index contributed by atoms with van der Waals surface area (Å²) in [6.45, 7) is 2.38. The van der Waals surface area contributed by atoms with Gasteiger partial charge >= 0.3 is 0 Å². The third-order valence-electron chi connectivity index (χ3n) is 4.17. The van der Waals surface area contributed by atoms with E-state index in [1.54, 1.807) is 11.3 Å². The topological polar surface area (TPSA) is 7.65 Å². The predicted molar refractivity (Wildman–Crippen MR) is 86.8 cm³/mol. The highest BCUT2D eigenvalue weighted by molar-refractivity contribution is 7.08. The summed E-state index contributed by atoms with van der Waals surface area (Å²) in [6.07, 6.45) is 6.19. The van der Waals surface area contributed by atoms with Crippen molar-refractivity contribution in [2.45, 2.75) is 19.3 Å². The van der Waals surface area contributed by atoms with Crippen LogP contribution in [0.5, 0.6) is 0 Å². The van der Waals surface area contributed by atoms with Gasteiger partial charge in [-0.25, -0.2) is 0 Å². The van der Waals surface area contributed by atoms with Gasteiger partial charge in [-0.15, -0.1) is 0 Å². The number of hydrogen-bond acceptors (Lipinski definition) is 2. The highest BCUT2D eigenvalue weighted by Crippen LogP contribution is 2.34. The van der Waals surface area contributed by atoms with Crippen molar-refractivity contribution in [1.29, 1.82) is 0 Å². The largest absolute Gasteiger partial charge is 0.370 e. The second-order valence-corrected chi connectivity index (χ2v) is 6.21. The third kappa shape index (κ3) is 1.93. The molecule has 2 nitrogen and oxygen atoms in total. The highest BCUT2D eigenvalue weighted by Gasteiger charge is 2.17.